The van der Waals surface area contributed by atoms with Gasteiger partial charge in [0.05, 0.1) is 0 Å². The highest BCUT2D eigenvalue weighted by Crippen LogP contribution is 2.43. The summed E-state index contributed by atoms with van der Waals surface area (Å²) in [5.74, 6) is 0.196. The van der Waals surface area contributed by atoms with Gasteiger partial charge in [0.1, 0.15) is 5.60 Å². The zero-order chi connectivity index (χ0) is 18.9. The summed E-state index contributed by atoms with van der Waals surface area (Å²) < 4.78 is 0. The summed E-state index contributed by atoms with van der Waals surface area (Å²) in [6.45, 7) is 16.9. The van der Waals surface area contributed by atoms with Crippen LogP contribution in [0.15, 0.2) is 59.8 Å². The van der Waals surface area contributed by atoms with Crippen molar-refractivity contribution in [2.75, 3.05) is 0 Å². The summed E-state index contributed by atoms with van der Waals surface area (Å²) in [5.41, 5.74) is 3.67. The van der Waals surface area contributed by atoms with Crippen LogP contribution in [0.5, 0.6) is 0 Å². The van der Waals surface area contributed by atoms with Gasteiger partial charge in [-0.1, -0.05) is 82.2 Å². The lowest BCUT2D eigenvalue weighted by Crippen LogP contribution is -2.41. The Morgan fingerprint density at radius 3 is 2.40 bits per heavy atom. The molecule has 0 saturated heterocycles. The van der Waals surface area contributed by atoms with Crippen LogP contribution >= 0.6 is 0 Å². The Hall–Kier alpha value is -1.34. The number of allylic oxidation sites excluding steroid dienone is 4. The molecule has 1 atom stereocenters. The SMILES string of the molecule is C=C/C=C\C(=C)C(O)(C1=C(C)CCCC(CC)=C1)C(CCC)CCC. The largest absolute Gasteiger partial charge is 0.380 e. The van der Waals surface area contributed by atoms with Crippen molar-refractivity contribution >= 4 is 0 Å². The number of hydrogen-bond acceptors (Lipinski definition) is 1. The zero-order valence-corrected chi connectivity index (χ0v) is 16.9. The predicted octanol–water partition coefficient (Wildman–Crippen LogP) is 7.07. The molecule has 0 saturated carbocycles. The third-order valence-electron chi connectivity index (χ3n) is 5.51. The molecular formula is C24H38O. The van der Waals surface area contributed by atoms with E-state index in [4.69, 9.17) is 0 Å². The van der Waals surface area contributed by atoms with Crippen molar-refractivity contribution in [1.29, 1.82) is 0 Å². The maximum Gasteiger partial charge on any atom is 0.117 e. The van der Waals surface area contributed by atoms with E-state index in [-0.39, 0.29) is 5.92 Å². The third kappa shape index (κ3) is 5.31. The number of hydrogen-bond donors (Lipinski definition) is 1. The van der Waals surface area contributed by atoms with E-state index in [0.717, 1.165) is 56.1 Å². The van der Waals surface area contributed by atoms with Gasteiger partial charge in [-0.3, -0.25) is 0 Å². The summed E-state index contributed by atoms with van der Waals surface area (Å²) >= 11 is 0. The Labute approximate surface area is 155 Å². The summed E-state index contributed by atoms with van der Waals surface area (Å²) in [7, 11) is 0. The minimum atomic E-state index is -0.986. The monoisotopic (exact) mass is 342 g/mol. The molecule has 0 aromatic heterocycles. The molecule has 0 fully saturated rings. The summed E-state index contributed by atoms with van der Waals surface area (Å²) in [6.07, 6.45) is 16.4. The average molecular weight is 343 g/mol. The Balaban J connectivity index is 3.54. The molecule has 0 radical (unpaired) electrons. The number of rotatable bonds is 10. The Kier molecular flexibility index (Phi) is 9.21. The lowest BCUT2D eigenvalue weighted by atomic mass is 9.70. The molecule has 1 aliphatic rings. The van der Waals surface area contributed by atoms with Gasteiger partial charge in [-0.25, -0.2) is 0 Å². The quantitative estimate of drug-likeness (QED) is 0.421. The van der Waals surface area contributed by atoms with Crippen molar-refractivity contribution < 1.29 is 5.11 Å². The fourth-order valence-corrected chi connectivity index (χ4v) is 4.05. The fourth-order valence-electron chi connectivity index (χ4n) is 4.05. The third-order valence-corrected chi connectivity index (χ3v) is 5.51. The highest BCUT2D eigenvalue weighted by molar-refractivity contribution is 5.48. The molecule has 1 heteroatoms. The summed E-state index contributed by atoms with van der Waals surface area (Å²) in [6, 6.07) is 0. The molecule has 1 nitrogen and oxygen atoms in total. The molecule has 1 aliphatic carbocycles. The van der Waals surface area contributed by atoms with Crippen LogP contribution in [0, 0.1) is 5.92 Å². The highest BCUT2D eigenvalue weighted by Gasteiger charge is 2.41. The smallest absolute Gasteiger partial charge is 0.117 e. The van der Waals surface area contributed by atoms with Crippen molar-refractivity contribution in [3.05, 3.63) is 59.8 Å². The van der Waals surface area contributed by atoms with E-state index < -0.39 is 5.60 Å². The molecule has 1 unspecified atom stereocenters. The van der Waals surface area contributed by atoms with E-state index in [1.807, 2.05) is 12.2 Å². The van der Waals surface area contributed by atoms with Crippen molar-refractivity contribution in [1.82, 2.24) is 0 Å². The van der Waals surface area contributed by atoms with E-state index in [9.17, 15) is 5.11 Å². The highest BCUT2D eigenvalue weighted by atomic mass is 16.3. The van der Waals surface area contributed by atoms with Gasteiger partial charge in [0.25, 0.3) is 0 Å². The lowest BCUT2D eigenvalue weighted by molar-refractivity contribution is 0.0477. The van der Waals surface area contributed by atoms with Crippen LogP contribution in [0.25, 0.3) is 0 Å². The zero-order valence-electron chi connectivity index (χ0n) is 16.9. The van der Waals surface area contributed by atoms with Crippen LogP contribution in [0.3, 0.4) is 0 Å². The van der Waals surface area contributed by atoms with Gasteiger partial charge < -0.3 is 5.11 Å². The van der Waals surface area contributed by atoms with Gasteiger partial charge in [-0.05, 0) is 62.5 Å². The maximum atomic E-state index is 12.1. The van der Waals surface area contributed by atoms with Crippen molar-refractivity contribution in [3.8, 4) is 0 Å². The first-order valence-corrected chi connectivity index (χ1v) is 10.1. The summed E-state index contributed by atoms with van der Waals surface area (Å²) in [4.78, 5) is 0. The molecule has 1 rings (SSSR count). The van der Waals surface area contributed by atoms with Gasteiger partial charge >= 0.3 is 0 Å². The minimum Gasteiger partial charge on any atom is -0.380 e. The van der Waals surface area contributed by atoms with E-state index in [1.54, 1.807) is 6.08 Å². The molecule has 0 bridgehead atoms. The van der Waals surface area contributed by atoms with E-state index in [1.165, 1.54) is 17.6 Å². The molecule has 0 amide bonds. The topological polar surface area (TPSA) is 20.2 Å². The predicted molar refractivity (Wildman–Crippen MR) is 112 cm³/mol. The van der Waals surface area contributed by atoms with Gasteiger partial charge in [0, 0.05) is 0 Å². The van der Waals surface area contributed by atoms with Crippen LogP contribution in [-0.2, 0) is 0 Å². The molecule has 0 aromatic carbocycles. The summed E-state index contributed by atoms with van der Waals surface area (Å²) in [5, 5.41) is 12.1. The standard InChI is InChI=1S/C24H38O/c1-7-11-16-20(6)24(25,22(13-8-2)14-9-3)23-18-21(10-4)17-12-15-19(23)5/h7,11,16,18,22,25H,1,6,8-10,12-15,17H2,2-5H3/b16-11-. The maximum absolute atomic E-state index is 12.1. The van der Waals surface area contributed by atoms with Crippen molar-refractivity contribution in [2.45, 2.75) is 84.7 Å². The second kappa shape index (κ2) is 10.6. The van der Waals surface area contributed by atoms with Crippen LogP contribution < -0.4 is 0 Å². The average Bonchev–Trinajstić information content (AvgIpc) is 2.80. The second-order valence-electron chi connectivity index (χ2n) is 7.36. The Bertz CT molecular complexity index is 540. The molecule has 1 N–H and O–H groups in total. The number of aliphatic hydroxyl groups is 1. The fraction of sp³-hybridized carbons (Fsp3) is 0.583. The van der Waals surface area contributed by atoms with Gasteiger partial charge in [0.2, 0.25) is 0 Å². The molecule has 0 heterocycles. The Morgan fingerprint density at radius 1 is 1.24 bits per heavy atom. The first-order chi connectivity index (χ1) is 11.9. The van der Waals surface area contributed by atoms with E-state index in [2.05, 4.69) is 46.9 Å². The van der Waals surface area contributed by atoms with Gasteiger partial charge in [-0.15, -0.1) is 0 Å². The van der Waals surface area contributed by atoms with Gasteiger partial charge in [0.15, 0.2) is 0 Å². The van der Waals surface area contributed by atoms with Crippen LogP contribution in [0.2, 0.25) is 0 Å². The van der Waals surface area contributed by atoms with Crippen LogP contribution in [0.4, 0.5) is 0 Å². The van der Waals surface area contributed by atoms with Crippen molar-refractivity contribution in [3.63, 3.8) is 0 Å². The minimum absolute atomic E-state index is 0.196. The lowest BCUT2D eigenvalue weighted by Gasteiger charge is -2.40. The van der Waals surface area contributed by atoms with E-state index >= 15 is 0 Å². The van der Waals surface area contributed by atoms with E-state index in [0.29, 0.717) is 0 Å². The molecule has 140 valence electrons. The van der Waals surface area contributed by atoms with Crippen LogP contribution in [-0.4, -0.2) is 10.7 Å². The van der Waals surface area contributed by atoms with Crippen LogP contribution in [0.1, 0.15) is 79.1 Å². The normalized spacial score (nSPS) is 18.2. The van der Waals surface area contributed by atoms with Crippen molar-refractivity contribution in [2.24, 2.45) is 5.92 Å². The molecule has 25 heavy (non-hydrogen) atoms. The molecule has 0 aliphatic heterocycles. The molecule has 0 spiro atoms. The Morgan fingerprint density at radius 2 is 1.88 bits per heavy atom. The first kappa shape index (κ1) is 21.7. The first-order valence-electron chi connectivity index (χ1n) is 10.1. The van der Waals surface area contributed by atoms with Gasteiger partial charge in [-0.2, -0.15) is 0 Å². The second-order valence-corrected chi connectivity index (χ2v) is 7.36. The molecule has 0 aromatic rings. The molecular weight excluding hydrogens is 304 g/mol.